The van der Waals surface area contributed by atoms with Crippen molar-refractivity contribution in [3.8, 4) is 5.75 Å². The second-order valence-electron chi connectivity index (χ2n) is 3.90. The molecule has 7 heteroatoms. The predicted octanol–water partition coefficient (Wildman–Crippen LogP) is 0.723. The number of benzene rings is 1. The first-order chi connectivity index (χ1) is 8.47. The van der Waals surface area contributed by atoms with Gasteiger partial charge in [0, 0.05) is 12.6 Å². The molecule has 4 N–H and O–H groups in total. The first-order valence-corrected chi connectivity index (χ1v) is 5.46. The number of aliphatic hydroxyl groups is 1. The minimum Gasteiger partial charge on any atom is -0.490 e. The van der Waals surface area contributed by atoms with E-state index in [2.05, 4.69) is 5.32 Å². The average Bonchev–Trinajstić information content (AvgIpc) is 2.34. The Hall–Kier alpha value is -1.86. The average molecular weight is 255 g/mol. The lowest BCUT2D eigenvalue weighted by molar-refractivity contribution is -0.384. The van der Waals surface area contributed by atoms with E-state index >= 15 is 0 Å². The third-order valence-corrected chi connectivity index (χ3v) is 2.55. The summed E-state index contributed by atoms with van der Waals surface area (Å²) >= 11 is 0. The second-order valence-corrected chi connectivity index (χ2v) is 3.90. The van der Waals surface area contributed by atoms with Crippen molar-refractivity contribution in [3.05, 3.63) is 28.3 Å². The van der Waals surface area contributed by atoms with Crippen LogP contribution in [0.1, 0.15) is 6.92 Å². The molecule has 0 spiro atoms. The number of nitrogens with two attached hydrogens (primary N) is 1. The lowest BCUT2D eigenvalue weighted by Gasteiger charge is -2.16. The highest BCUT2D eigenvalue weighted by atomic mass is 16.6. The molecule has 0 aliphatic carbocycles. The molecule has 0 amide bonds. The summed E-state index contributed by atoms with van der Waals surface area (Å²) in [7, 11) is 1.37. The molecule has 0 bridgehead atoms. The van der Waals surface area contributed by atoms with Crippen molar-refractivity contribution in [1.29, 1.82) is 0 Å². The van der Waals surface area contributed by atoms with Gasteiger partial charge >= 0.3 is 5.69 Å². The van der Waals surface area contributed by atoms with Gasteiger partial charge in [-0.25, -0.2) is 0 Å². The number of nitro groups is 1. The lowest BCUT2D eigenvalue weighted by Crippen LogP contribution is -2.38. The molecule has 0 aromatic heterocycles. The molecule has 1 aromatic carbocycles. The molecule has 0 saturated heterocycles. The number of nitro benzene ring substituents is 1. The van der Waals surface area contributed by atoms with Gasteiger partial charge in [-0.3, -0.25) is 10.1 Å². The van der Waals surface area contributed by atoms with Crippen LogP contribution >= 0.6 is 0 Å². The normalized spacial score (nSPS) is 13.8. The summed E-state index contributed by atoms with van der Waals surface area (Å²) in [5.41, 5.74) is 5.82. The minimum atomic E-state index is -0.692. The van der Waals surface area contributed by atoms with E-state index in [0.29, 0.717) is 5.69 Å². The molecule has 0 radical (unpaired) electrons. The number of anilines is 1. The van der Waals surface area contributed by atoms with Gasteiger partial charge in [-0.05, 0) is 19.1 Å². The highest BCUT2D eigenvalue weighted by Gasteiger charge is 2.21. The molecular formula is C11H17N3O4. The van der Waals surface area contributed by atoms with Crippen molar-refractivity contribution in [2.45, 2.75) is 19.1 Å². The van der Waals surface area contributed by atoms with Gasteiger partial charge in [0.25, 0.3) is 0 Å². The summed E-state index contributed by atoms with van der Waals surface area (Å²) in [6, 6.07) is 4.21. The van der Waals surface area contributed by atoms with Gasteiger partial charge in [0.2, 0.25) is 0 Å². The Bertz CT molecular complexity index is 423. The Balaban J connectivity index is 2.91. The molecule has 2 atom stereocenters. The molecule has 18 heavy (non-hydrogen) atoms. The zero-order valence-electron chi connectivity index (χ0n) is 10.3. The number of ether oxygens (including phenoxy) is 1. The number of nitrogens with one attached hydrogen (secondary N) is 1. The highest BCUT2D eigenvalue weighted by Crippen LogP contribution is 2.34. The van der Waals surface area contributed by atoms with Crippen LogP contribution in [0, 0.1) is 10.1 Å². The van der Waals surface area contributed by atoms with Crippen LogP contribution in [0.15, 0.2) is 18.2 Å². The zero-order valence-corrected chi connectivity index (χ0v) is 10.3. The molecule has 100 valence electrons. The van der Waals surface area contributed by atoms with Crippen molar-refractivity contribution < 1.29 is 14.8 Å². The van der Waals surface area contributed by atoms with Crippen LogP contribution in [-0.2, 0) is 0 Å². The number of aliphatic hydroxyl groups excluding tert-OH is 1. The quantitative estimate of drug-likeness (QED) is 0.510. The fourth-order valence-corrected chi connectivity index (χ4v) is 1.42. The van der Waals surface area contributed by atoms with Crippen molar-refractivity contribution in [1.82, 2.24) is 0 Å². The molecule has 1 rings (SSSR count). The van der Waals surface area contributed by atoms with E-state index < -0.39 is 17.1 Å². The van der Waals surface area contributed by atoms with E-state index in [1.807, 2.05) is 0 Å². The highest BCUT2D eigenvalue weighted by molar-refractivity contribution is 5.68. The maximum atomic E-state index is 11.0. The molecule has 1 aromatic rings. The molecule has 2 unspecified atom stereocenters. The molecule has 0 aliphatic heterocycles. The smallest absolute Gasteiger partial charge is 0.333 e. The van der Waals surface area contributed by atoms with Crippen LogP contribution in [0.3, 0.4) is 0 Å². The number of hydrogen-bond donors (Lipinski definition) is 3. The molecule has 0 heterocycles. The van der Waals surface area contributed by atoms with Gasteiger partial charge in [0.05, 0.1) is 18.1 Å². The number of methoxy groups -OCH3 is 1. The van der Waals surface area contributed by atoms with E-state index in [4.69, 9.17) is 10.5 Å². The van der Waals surface area contributed by atoms with Crippen molar-refractivity contribution in [2.75, 3.05) is 19.0 Å². The van der Waals surface area contributed by atoms with Crippen molar-refractivity contribution in [2.24, 2.45) is 5.73 Å². The Morgan fingerprint density at radius 1 is 1.61 bits per heavy atom. The molecule has 7 nitrogen and oxygen atoms in total. The Morgan fingerprint density at radius 3 is 2.78 bits per heavy atom. The van der Waals surface area contributed by atoms with Crippen LogP contribution in [0.25, 0.3) is 0 Å². The zero-order chi connectivity index (χ0) is 13.7. The third-order valence-electron chi connectivity index (χ3n) is 2.55. The van der Waals surface area contributed by atoms with Gasteiger partial charge in [0.15, 0.2) is 5.75 Å². The molecule has 0 saturated carbocycles. The van der Waals surface area contributed by atoms with Crippen LogP contribution in [-0.4, -0.2) is 35.8 Å². The predicted molar refractivity (Wildman–Crippen MR) is 67.8 cm³/mol. The minimum absolute atomic E-state index is 0.141. The van der Waals surface area contributed by atoms with E-state index in [9.17, 15) is 15.2 Å². The number of rotatable bonds is 6. The van der Waals surface area contributed by atoms with Crippen LogP contribution in [0.4, 0.5) is 11.4 Å². The fraction of sp³-hybridized carbons (Fsp3) is 0.455. The summed E-state index contributed by atoms with van der Waals surface area (Å²) in [5.74, 6) is 0.176. The summed E-state index contributed by atoms with van der Waals surface area (Å²) in [4.78, 5) is 10.5. The Labute approximate surface area is 105 Å². The summed E-state index contributed by atoms with van der Waals surface area (Å²) < 4.78 is 4.94. The first kappa shape index (κ1) is 14.2. The third kappa shape index (κ3) is 3.31. The first-order valence-electron chi connectivity index (χ1n) is 5.46. The van der Waals surface area contributed by atoms with Gasteiger partial charge in [-0.15, -0.1) is 0 Å². The molecule has 0 fully saturated rings. The lowest BCUT2D eigenvalue weighted by atomic mass is 10.2. The second kappa shape index (κ2) is 6.18. The fourth-order valence-electron chi connectivity index (χ4n) is 1.42. The van der Waals surface area contributed by atoms with E-state index in [-0.39, 0.29) is 18.0 Å². The maximum Gasteiger partial charge on any atom is 0.333 e. The topological polar surface area (TPSA) is 111 Å². The Morgan fingerprint density at radius 2 is 2.28 bits per heavy atom. The van der Waals surface area contributed by atoms with Crippen LogP contribution in [0.2, 0.25) is 0 Å². The maximum absolute atomic E-state index is 11.0. The van der Waals surface area contributed by atoms with E-state index in [1.54, 1.807) is 19.1 Å². The van der Waals surface area contributed by atoms with E-state index in [0.717, 1.165) is 0 Å². The summed E-state index contributed by atoms with van der Waals surface area (Å²) in [5, 5.41) is 23.1. The largest absolute Gasteiger partial charge is 0.490 e. The van der Waals surface area contributed by atoms with E-state index in [1.165, 1.54) is 13.2 Å². The van der Waals surface area contributed by atoms with Crippen molar-refractivity contribution >= 4 is 11.4 Å². The van der Waals surface area contributed by atoms with Gasteiger partial charge in [0.1, 0.15) is 5.69 Å². The van der Waals surface area contributed by atoms with Crippen molar-refractivity contribution in [3.63, 3.8) is 0 Å². The Kier molecular flexibility index (Phi) is 4.87. The molecule has 0 aliphatic rings. The standard InChI is InChI=1S/C11H17N3O4/c1-7(15)8(12)6-13-9-4-3-5-10(18-2)11(9)14(16)17/h3-5,7-8,13,15H,6,12H2,1-2H3. The van der Waals surface area contributed by atoms with Crippen LogP contribution in [0.5, 0.6) is 5.75 Å². The SMILES string of the molecule is COc1cccc(NCC(N)C(C)O)c1[N+](=O)[O-]. The van der Waals surface area contributed by atoms with Gasteiger partial charge in [-0.2, -0.15) is 0 Å². The van der Waals surface area contributed by atoms with Crippen LogP contribution < -0.4 is 15.8 Å². The summed E-state index contributed by atoms with van der Waals surface area (Å²) in [6.45, 7) is 1.79. The van der Waals surface area contributed by atoms with Gasteiger partial charge in [-0.1, -0.05) is 6.07 Å². The number of nitrogens with zero attached hydrogens (tertiary/aromatic N) is 1. The molecular weight excluding hydrogens is 238 g/mol. The summed E-state index contributed by atoms with van der Waals surface area (Å²) in [6.07, 6.45) is -0.692. The number of hydrogen-bond acceptors (Lipinski definition) is 6. The number of para-hydroxylation sites is 1. The van der Waals surface area contributed by atoms with Gasteiger partial charge < -0.3 is 20.9 Å². The monoisotopic (exact) mass is 255 g/mol.